The highest BCUT2D eigenvalue weighted by Crippen LogP contribution is 2.14. The van der Waals surface area contributed by atoms with E-state index < -0.39 is 12.0 Å². The maximum absolute atomic E-state index is 11.9. The number of nitrogens with one attached hydrogen (secondary N) is 1. The summed E-state index contributed by atoms with van der Waals surface area (Å²) in [6.07, 6.45) is 0. The summed E-state index contributed by atoms with van der Waals surface area (Å²) >= 11 is 1.41. The number of carboxylic acids is 1. The predicted octanol–water partition coefficient (Wildman–Crippen LogP) is 0.481. The van der Waals surface area contributed by atoms with Crippen LogP contribution in [-0.2, 0) is 9.59 Å². The predicted molar refractivity (Wildman–Crippen MR) is 80.6 cm³/mol. The molecule has 1 aromatic rings. The van der Waals surface area contributed by atoms with Gasteiger partial charge in [-0.25, -0.2) is 4.98 Å². The van der Waals surface area contributed by atoms with Crippen molar-refractivity contribution in [2.75, 3.05) is 38.0 Å². The first-order valence-electron chi connectivity index (χ1n) is 6.87. The van der Waals surface area contributed by atoms with Crippen molar-refractivity contribution >= 4 is 28.3 Å². The van der Waals surface area contributed by atoms with Gasteiger partial charge in [0.2, 0.25) is 5.91 Å². The van der Waals surface area contributed by atoms with E-state index >= 15 is 0 Å². The summed E-state index contributed by atoms with van der Waals surface area (Å²) in [4.78, 5) is 31.0. The number of nitrogens with zero attached hydrogens (tertiary/aromatic N) is 3. The highest BCUT2D eigenvalue weighted by atomic mass is 32.1. The summed E-state index contributed by atoms with van der Waals surface area (Å²) in [6, 6.07) is -0.473. The second kappa shape index (κ2) is 6.97. The van der Waals surface area contributed by atoms with E-state index in [1.165, 1.54) is 11.3 Å². The monoisotopic (exact) mass is 312 g/mol. The second-order valence-corrected chi connectivity index (χ2v) is 6.03. The summed E-state index contributed by atoms with van der Waals surface area (Å²) in [5, 5.41) is 14.3. The molecule has 1 aliphatic rings. The van der Waals surface area contributed by atoms with E-state index in [1.54, 1.807) is 6.92 Å². The molecule has 0 saturated carbocycles. The van der Waals surface area contributed by atoms with Crippen LogP contribution in [0.25, 0.3) is 0 Å². The first kappa shape index (κ1) is 15.9. The van der Waals surface area contributed by atoms with Gasteiger partial charge in [-0.15, -0.1) is 11.3 Å². The zero-order valence-corrected chi connectivity index (χ0v) is 13.0. The Kier molecular flexibility index (Phi) is 5.27. The van der Waals surface area contributed by atoms with Crippen LogP contribution in [-0.4, -0.2) is 70.5 Å². The number of aromatic nitrogens is 1. The maximum Gasteiger partial charge on any atom is 0.320 e. The number of amides is 1. The number of thiazole rings is 1. The fraction of sp³-hybridized carbons (Fsp3) is 0.615. The van der Waals surface area contributed by atoms with Gasteiger partial charge in [0, 0.05) is 31.6 Å². The molecule has 1 aromatic heterocycles. The summed E-state index contributed by atoms with van der Waals surface area (Å²) in [5.74, 6) is -0.885. The van der Waals surface area contributed by atoms with Crippen LogP contribution in [0.4, 0.5) is 5.13 Å². The number of rotatable bonds is 5. The average Bonchev–Trinajstić information content (AvgIpc) is 2.83. The molecule has 0 spiro atoms. The molecule has 2 heterocycles. The van der Waals surface area contributed by atoms with Gasteiger partial charge in [-0.2, -0.15) is 0 Å². The molecule has 1 aliphatic heterocycles. The van der Waals surface area contributed by atoms with Gasteiger partial charge in [-0.05, 0) is 13.8 Å². The number of carboxylic acid groups (broad SMARTS) is 1. The third-order valence-electron chi connectivity index (χ3n) is 3.54. The Labute approximate surface area is 127 Å². The Hall–Kier alpha value is -1.51. The molecule has 1 saturated heterocycles. The van der Waals surface area contributed by atoms with E-state index in [9.17, 15) is 9.59 Å². The van der Waals surface area contributed by atoms with Crippen molar-refractivity contribution in [3.8, 4) is 0 Å². The van der Waals surface area contributed by atoms with E-state index in [0.717, 1.165) is 5.69 Å². The van der Waals surface area contributed by atoms with Crippen LogP contribution >= 0.6 is 11.3 Å². The molecule has 0 aromatic carbocycles. The molecule has 0 bridgehead atoms. The SMILES string of the molecule is Cc1csc(NC(=O)CN2CCN(C(C)C(=O)O)CC2)n1. The van der Waals surface area contributed by atoms with Crippen molar-refractivity contribution in [1.82, 2.24) is 14.8 Å². The minimum atomic E-state index is -0.805. The molecule has 1 amide bonds. The molecule has 2 N–H and O–H groups in total. The zero-order valence-electron chi connectivity index (χ0n) is 12.2. The molecule has 116 valence electrons. The van der Waals surface area contributed by atoms with Crippen LogP contribution in [0, 0.1) is 6.92 Å². The van der Waals surface area contributed by atoms with Crippen molar-refractivity contribution < 1.29 is 14.7 Å². The maximum atomic E-state index is 11.9. The number of aryl methyl sites for hydroxylation is 1. The molecular weight excluding hydrogens is 292 g/mol. The normalized spacial score (nSPS) is 18.4. The smallest absolute Gasteiger partial charge is 0.320 e. The molecule has 21 heavy (non-hydrogen) atoms. The lowest BCUT2D eigenvalue weighted by molar-refractivity contribution is -0.143. The highest BCUT2D eigenvalue weighted by Gasteiger charge is 2.25. The zero-order chi connectivity index (χ0) is 15.4. The fourth-order valence-corrected chi connectivity index (χ4v) is 2.94. The quantitative estimate of drug-likeness (QED) is 0.822. The van der Waals surface area contributed by atoms with Gasteiger partial charge in [0.05, 0.1) is 12.2 Å². The average molecular weight is 312 g/mol. The van der Waals surface area contributed by atoms with E-state index in [-0.39, 0.29) is 5.91 Å². The van der Waals surface area contributed by atoms with Gasteiger partial charge in [0.1, 0.15) is 6.04 Å². The number of piperazine rings is 1. The Balaban J connectivity index is 1.75. The topological polar surface area (TPSA) is 85.8 Å². The van der Waals surface area contributed by atoms with E-state index in [4.69, 9.17) is 5.11 Å². The van der Waals surface area contributed by atoms with Crippen LogP contribution in [0.1, 0.15) is 12.6 Å². The number of carbonyl (C=O) groups excluding carboxylic acids is 1. The van der Waals surface area contributed by atoms with Crippen molar-refractivity contribution in [3.63, 3.8) is 0 Å². The Morgan fingerprint density at radius 2 is 2.10 bits per heavy atom. The molecular formula is C13H20N4O3S. The first-order chi connectivity index (χ1) is 9.95. The number of aliphatic carboxylic acids is 1. The minimum absolute atomic E-state index is 0.0796. The molecule has 1 unspecified atom stereocenters. The minimum Gasteiger partial charge on any atom is -0.480 e. The number of hydrogen-bond donors (Lipinski definition) is 2. The fourth-order valence-electron chi connectivity index (χ4n) is 2.24. The van der Waals surface area contributed by atoms with Crippen molar-refractivity contribution in [1.29, 1.82) is 0 Å². The van der Waals surface area contributed by atoms with Crippen LogP contribution < -0.4 is 5.32 Å². The van der Waals surface area contributed by atoms with Crippen LogP contribution in [0.2, 0.25) is 0 Å². The van der Waals surface area contributed by atoms with Gasteiger partial charge >= 0.3 is 5.97 Å². The molecule has 8 heteroatoms. The van der Waals surface area contributed by atoms with E-state index in [0.29, 0.717) is 37.9 Å². The standard InChI is InChI=1S/C13H20N4O3S/c1-9-8-21-13(14-9)15-11(18)7-16-3-5-17(6-4-16)10(2)12(19)20/h8,10H,3-7H2,1-2H3,(H,19,20)(H,14,15,18). The van der Waals surface area contributed by atoms with Crippen molar-refractivity contribution in [2.45, 2.75) is 19.9 Å². The lowest BCUT2D eigenvalue weighted by atomic mass is 10.2. The number of carbonyl (C=O) groups is 2. The third kappa shape index (κ3) is 4.48. The lowest BCUT2D eigenvalue weighted by Crippen LogP contribution is -2.52. The molecule has 2 rings (SSSR count). The number of anilines is 1. The van der Waals surface area contributed by atoms with Crippen LogP contribution in [0.5, 0.6) is 0 Å². The van der Waals surface area contributed by atoms with Crippen molar-refractivity contribution in [3.05, 3.63) is 11.1 Å². The van der Waals surface area contributed by atoms with Gasteiger partial charge in [0.15, 0.2) is 5.13 Å². The molecule has 0 radical (unpaired) electrons. The first-order valence-corrected chi connectivity index (χ1v) is 7.75. The summed E-state index contributed by atoms with van der Waals surface area (Å²) in [5.41, 5.74) is 0.895. The Morgan fingerprint density at radius 1 is 1.43 bits per heavy atom. The summed E-state index contributed by atoms with van der Waals surface area (Å²) in [7, 11) is 0. The molecule has 1 atom stereocenters. The van der Waals surface area contributed by atoms with E-state index in [2.05, 4.69) is 10.3 Å². The summed E-state index contributed by atoms with van der Waals surface area (Å²) < 4.78 is 0. The van der Waals surface area contributed by atoms with Gasteiger partial charge in [0.25, 0.3) is 0 Å². The van der Waals surface area contributed by atoms with Crippen LogP contribution in [0.15, 0.2) is 5.38 Å². The summed E-state index contributed by atoms with van der Waals surface area (Å²) in [6.45, 7) is 6.61. The van der Waals surface area contributed by atoms with Gasteiger partial charge in [-0.1, -0.05) is 0 Å². The Bertz CT molecular complexity index is 511. The largest absolute Gasteiger partial charge is 0.480 e. The third-order valence-corrected chi connectivity index (χ3v) is 4.42. The molecule has 0 aliphatic carbocycles. The second-order valence-electron chi connectivity index (χ2n) is 5.17. The van der Waals surface area contributed by atoms with Crippen LogP contribution in [0.3, 0.4) is 0 Å². The van der Waals surface area contributed by atoms with Gasteiger partial charge < -0.3 is 10.4 Å². The molecule has 1 fully saturated rings. The van der Waals surface area contributed by atoms with Crippen molar-refractivity contribution in [2.24, 2.45) is 0 Å². The Morgan fingerprint density at radius 3 is 2.62 bits per heavy atom. The molecule has 7 nitrogen and oxygen atoms in total. The van der Waals surface area contributed by atoms with E-state index in [1.807, 2.05) is 22.1 Å². The lowest BCUT2D eigenvalue weighted by Gasteiger charge is -2.36. The van der Waals surface area contributed by atoms with Gasteiger partial charge in [-0.3, -0.25) is 19.4 Å². The highest BCUT2D eigenvalue weighted by molar-refractivity contribution is 7.13. The number of hydrogen-bond acceptors (Lipinski definition) is 6.